The normalized spacial score (nSPS) is 10.7. The van der Waals surface area contributed by atoms with Gasteiger partial charge in [-0.25, -0.2) is 4.79 Å². The van der Waals surface area contributed by atoms with Crippen LogP contribution in [-0.2, 0) is 14.4 Å². The van der Waals surface area contributed by atoms with E-state index in [9.17, 15) is 14.4 Å². The molecule has 7 heteroatoms. The molecule has 7 nitrogen and oxygen atoms in total. The molecule has 0 saturated carbocycles. The number of carboxylic acids is 2. The van der Waals surface area contributed by atoms with Crippen molar-refractivity contribution < 1.29 is 29.7 Å². The number of Topliss-reactive ketones (excluding diaryl/α,β-unsaturated/α-hetero) is 1. The molecule has 0 bridgehead atoms. The van der Waals surface area contributed by atoms with Crippen LogP contribution in [0.4, 0.5) is 0 Å². The van der Waals surface area contributed by atoms with Gasteiger partial charge in [-0.15, -0.1) is 0 Å². The molecule has 0 spiro atoms. The van der Waals surface area contributed by atoms with E-state index in [-0.39, 0.29) is 0 Å². The fourth-order valence-electron chi connectivity index (χ4n) is 0.0676. The van der Waals surface area contributed by atoms with Crippen molar-refractivity contribution in [3.8, 4) is 0 Å². The lowest BCUT2D eigenvalue weighted by molar-refractivity contribution is -0.150. The summed E-state index contributed by atoms with van der Waals surface area (Å²) < 4.78 is 0. The fraction of sp³-hybridized carbons (Fsp3) is 0.500. The minimum Gasteiger partial charge on any atom is -0.480 e. The van der Waals surface area contributed by atoms with Gasteiger partial charge in [0.05, 0.1) is 0 Å². The molecule has 0 aromatic carbocycles. The largest absolute Gasteiger partial charge is 0.480 e. The van der Waals surface area contributed by atoms with E-state index >= 15 is 0 Å². The molecule has 0 aromatic rings. The average molecular weight is 193 g/mol. The van der Waals surface area contributed by atoms with Gasteiger partial charge in [0.15, 0.2) is 0 Å². The summed E-state index contributed by atoms with van der Waals surface area (Å²) in [5.74, 6) is -3.74. The summed E-state index contributed by atoms with van der Waals surface area (Å²) >= 11 is 0. The van der Waals surface area contributed by atoms with Crippen molar-refractivity contribution in [2.45, 2.75) is 13.0 Å². The standard InChI is InChI=1S/C3H7NO2.C3H4O4/c1-2(4)3(5)6;4-1-2(5)3(6)7/h2H,4H2,1H3,(H,5,6);4H,1H2,(H,6,7)/t2-;/m0./s1. The molecular formula is C6H11NO6. The van der Waals surface area contributed by atoms with Crippen LogP contribution in [0.5, 0.6) is 0 Å². The third kappa shape index (κ3) is 10.5. The van der Waals surface area contributed by atoms with Gasteiger partial charge in [0.2, 0.25) is 0 Å². The highest BCUT2D eigenvalue weighted by atomic mass is 16.4. The quantitative estimate of drug-likeness (QED) is 0.382. The molecule has 13 heavy (non-hydrogen) atoms. The summed E-state index contributed by atoms with van der Waals surface area (Å²) in [5, 5.41) is 23.3. The summed E-state index contributed by atoms with van der Waals surface area (Å²) in [6.07, 6.45) is 0. The van der Waals surface area contributed by atoms with Crippen LogP contribution in [0.3, 0.4) is 0 Å². The fourth-order valence-corrected chi connectivity index (χ4v) is 0.0676. The first-order valence-corrected chi connectivity index (χ1v) is 3.18. The van der Waals surface area contributed by atoms with Gasteiger partial charge in [-0.1, -0.05) is 0 Å². The predicted octanol–water partition coefficient (Wildman–Crippen LogP) is -1.95. The van der Waals surface area contributed by atoms with Crippen LogP contribution in [0.1, 0.15) is 6.92 Å². The highest BCUT2D eigenvalue weighted by Crippen LogP contribution is 1.68. The summed E-state index contributed by atoms with van der Waals surface area (Å²) in [6.45, 7) is 0.498. The second-order valence-corrected chi connectivity index (χ2v) is 2.01. The monoisotopic (exact) mass is 193 g/mol. The third-order valence-electron chi connectivity index (χ3n) is 0.772. The Kier molecular flexibility index (Phi) is 7.79. The van der Waals surface area contributed by atoms with Crippen LogP contribution in [0.15, 0.2) is 0 Å². The Hall–Kier alpha value is -1.47. The van der Waals surface area contributed by atoms with Gasteiger partial charge < -0.3 is 21.1 Å². The Labute approximate surface area is 73.8 Å². The van der Waals surface area contributed by atoms with Crippen molar-refractivity contribution in [2.75, 3.05) is 6.61 Å². The Morgan fingerprint density at radius 3 is 1.62 bits per heavy atom. The number of aliphatic hydroxyl groups is 1. The predicted molar refractivity (Wildman–Crippen MR) is 41.0 cm³/mol. The first-order chi connectivity index (χ1) is 5.82. The van der Waals surface area contributed by atoms with Crippen LogP contribution in [0.2, 0.25) is 0 Å². The van der Waals surface area contributed by atoms with Crippen molar-refractivity contribution in [3.63, 3.8) is 0 Å². The van der Waals surface area contributed by atoms with E-state index in [0.29, 0.717) is 0 Å². The van der Waals surface area contributed by atoms with Gasteiger partial charge in [-0.3, -0.25) is 9.59 Å². The van der Waals surface area contributed by atoms with Crippen LogP contribution in [0, 0.1) is 0 Å². The molecule has 1 atom stereocenters. The molecule has 0 radical (unpaired) electrons. The van der Waals surface area contributed by atoms with Crippen molar-refractivity contribution >= 4 is 17.7 Å². The topological polar surface area (TPSA) is 138 Å². The summed E-state index contributed by atoms with van der Waals surface area (Å²) in [6, 6.07) is -0.731. The zero-order chi connectivity index (χ0) is 11.0. The number of nitrogens with two attached hydrogens (primary N) is 1. The van der Waals surface area contributed by atoms with E-state index in [0.717, 1.165) is 0 Å². The smallest absolute Gasteiger partial charge is 0.374 e. The lowest BCUT2D eigenvalue weighted by Crippen LogP contribution is -2.25. The van der Waals surface area contributed by atoms with Gasteiger partial charge in [0, 0.05) is 0 Å². The summed E-state index contributed by atoms with van der Waals surface area (Å²) in [4.78, 5) is 28.7. The van der Waals surface area contributed by atoms with E-state index in [4.69, 9.17) is 21.1 Å². The summed E-state index contributed by atoms with van der Waals surface area (Å²) in [5.41, 5.74) is 4.84. The molecular weight excluding hydrogens is 182 g/mol. The third-order valence-corrected chi connectivity index (χ3v) is 0.772. The van der Waals surface area contributed by atoms with E-state index in [1.165, 1.54) is 6.92 Å². The second-order valence-electron chi connectivity index (χ2n) is 2.01. The summed E-state index contributed by atoms with van der Waals surface area (Å²) in [7, 11) is 0. The lowest BCUT2D eigenvalue weighted by atomic mass is 10.4. The first-order valence-electron chi connectivity index (χ1n) is 3.18. The average Bonchev–Trinajstić information content (AvgIpc) is 2.03. The minimum absolute atomic E-state index is 0.731. The van der Waals surface area contributed by atoms with E-state index in [2.05, 4.69) is 0 Å². The van der Waals surface area contributed by atoms with E-state index < -0.39 is 30.4 Å². The molecule has 0 unspecified atom stereocenters. The number of aliphatic carboxylic acids is 2. The Morgan fingerprint density at radius 2 is 1.62 bits per heavy atom. The maximum absolute atomic E-state index is 9.66. The molecule has 0 amide bonds. The van der Waals surface area contributed by atoms with Crippen molar-refractivity contribution in [3.05, 3.63) is 0 Å². The number of aliphatic hydroxyl groups excluding tert-OH is 1. The zero-order valence-electron chi connectivity index (χ0n) is 6.93. The van der Waals surface area contributed by atoms with Crippen LogP contribution in [-0.4, -0.2) is 45.7 Å². The minimum atomic E-state index is -1.59. The lowest BCUT2D eigenvalue weighted by Gasteiger charge is -1.90. The molecule has 5 N–H and O–H groups in total. The second kappa shape index (κ2) is 7.19. The number of hydrogen-bond donors (Lipinski definition) is 4. The van der Waals surface area contributed by atoms with Crippen LogP contribution < -0.4 is 5.73 Å². The Balaban J connectivity index is 0. The Bertz CT molecular complexity index is 199. The number of carboxylic acid groups (broad SMARTS) is 2. The SMILES string of the molecule is C[C@H](N)C(=O)O.O=C(O)C(=O)CO. The Morgan fingerprint density at radius 1 is 1.31 bits per heavy atom. The molecule has 0 heterocycles. The maximum atomic E-state index is 9.66. The van der Waals surface area contributed by atoms with Gasteiger partial charge in [0.25, 0.3) is 5.78 Å². The van der Waals surface area contributed by atoms with Gasteiger partial charge in [-0.2, -0.15) is 0 Å². The molecule has 0 saturated heterocycles. The highest BCUT2D eigenvalue weighted by molar-refractivity contribution is 6.33. The van der Waals surface area contributed by atoms with Crippen molar-refractivity contribution in [2.24, 2.45) is 5.73 Å². The number of hydrogen-bond acceptors (Lipinski definition) is 5. The first kappa shape index (κ1) is 14.1. The molecule has 0 rings (SSSR count). The zero-order valence-corrected chi connectivity index (χ0v) is 6.93. The molecule has 0 fully saturated rings. The van der Waals surface area contributed by atoms with Crippen LogP contribution >= 0.6 is 0 Å². The number of carbonyl (C=O) groups excluding carboxylic acids is 1. The molecule has 0 aliphatic rings. The van der Waals surface area contributed by atoms with E-state index in [1.807, 2.05) is 0 Å². The maximum Gasteiger partial charge on any atom is 0.374 e. The molecule has 0 aliphatic carbocycles. The van der Waals surface area contributed by atoms with Crippen LogP contribution in [0.25, 0.3) is 0 Å². The molecule has 0 aliphatic heterocycles. The highest BCUT2D eigenvalue weighted by Gasteiger charge is 2.06. The van der Waals surface area contributed by atoms with Crippen molar-refractivity contribution in [1.29, 1.82) is 0 Å². The van der Waals surface area contributed by atoms with Gasteiger partial charge in [-0.05, 0) is 6.92 Å². The molecule has 76 valence electrons. The number of carbonyl (C=O) groups is 3. The van der Waals surface area contributed by atoms with Gasteiger partial charge >= 0.3 is 11.9 Å². The number of ketones is 1. The van der Waals surface area contributed by atoms with Gasteiger partial charge in [0.1, 0.15) is 12.6 Å². The molecule has 0 aromatic heterocycles. The van der Waals surface area contributed by atoms with Crippen molar-refractivity contribution in [1.82, 2.24) is 0 Å². The van der Waals surface area contributed by atoms with E-state index in [1.54, 1.807) is 0 Å². The number of rotatable bonds is 3.